The fraction of sp³-hybridized carbons (Fsp3) is 0.400. The molecular formula is C20H25FN4O. The SMILES string of the molecule is CC(C)CNC(=O)c1cncc(N2CCN(c3ccccc3F)CC2)c1. The number of halogens is 1. The van der Waals surface area contributed by atoms with Crippen molar-refractivity contribution in [1.29, 1.82) is 0 Å². The maximum Gasteiger partial charge on any atom is 0.252 e. The zero-order valence-electron chi connectivity index (χ0n) is 15.3. The second-order valence-corrected chi connectivity index (χ2v) is 6.96. The van der Waals surface area contributed by atoms with E-state index in [4.69, 9.17) is 0 Å². The molecule has 0 unspecified atom stereocenters. The van der Waals surface area contributed by atoms with E-state index in [1.54, 1.807) is 18.5 Å². The Morgan fingerprint density at radius 1 is 1.15 bits per heavy atom. The van der Waals surface area contributed by atoms with E-state index in [0.29, 0.717) is 23.7 Å². The number of nitrogens with zero attached hydrogens (tertiary/aromatic N) is 3. The van der Waals surface area contributed by atoms with Crippen LogP contribution in [0.5, 0.6) is 0 Å². The van der Waals surface area contributed by atoms with E-state index in [2.05, 4.69) is 33.9 Å². The first-order chi connectivity index (χ1) is 12.5. The molecule has 1 N–H and O–H groups in total. The fourth-order valence-corrected chi connectivity index (χ4v) is 3.04. The summed E-state index contributed by atoms with van der Waals surface area (Å²) in [6.07, 6.45) is 3.37. The van der Waals surface area contributed by atoms with E-state index >= 15 is 0 Å². The first-order valence-electron chi connectivity index (χ1n) is 9.02. The number of nitrogens with one attached hydrogen (secondary N) is 1. The monoisotopic (exact) mass is 356 g/mol. The van der Waals surface area contributed by atoms with Crippen molar-refractivity contribution in [2.75, 3.05) is 42.5 Å². The largest absolute Gasteiger partial charge is 0.367 e. The molecule has 1 aliphatic rings. The van der Waals surface area contributed by atoms with Gasteiger partial charge in [0.05, 0.1) is 23.1 Å². The van der Waals surface area contributed by atoms with Crippen molar-refractivity contribution >= 4 is 17.3 Å². The van der Waals surface area contributed by atoms with Crippen LogP contribution in [0, 0.1) is 11.7 Å². The summed E-state index contributed by atoms with van der Waals surface area (Å²) in [6, 6.07) is 8.74. The van der Waals surface area contributed by atoms with Gasteiger partial charge in [-0.25, -0.2) is 4.39 Å². The number of benzene rings is 1. The number of amides is 1. The highest BCUT2D eigenvalue weighted by Crippen LogP contribution is 2.23. The number of hydrogen-bond acceptors (Lipinski definition) is 4. The third-order valence-corrected chi connectivity index (χ3v) is 4.49. The second kappa shape index (κ2) is 8.17. The Bertz CT molecular complexity index is 757. The van der Waals surface area contributed by atoms with Gasteiger partial charge >= 0.3 is 0 Å². The van der Waals surface area contributed by atoms with Crippen molar-refractivity contribution in [3.63, 3.8) is 0 Å². The fourth-order valence-electron chi connectivity index (χ4n) is 3.04. The zero-order chi connectivity index (χ0) is 18.5. The van der Waals surface area contributed by atoms with Crippen LogP contribution in [0.3, 0.4) is 0 Å². The molecule has 138 valence electrons. The van der Waals surface area contributed by atoms with Crippen LogP contribution in [-0.4, -0.2) is 43.6 Å². The first kappa shape index (κ1) is 18.2. The third-order valence-electron chi connectivity index (χ3n) is 4.49. The Labute approximate surface area is 153 Å². The molecule has 1 fully saturated rings. The predicted molar refractivity (Wildman–Crippen MR) is 102 cm³/mol. The highest BCUT2D eigenvalue weighted by Gasteiger charge is 2.20. The quantitative estimate of drug-likeness (QED) is 0.895. The second-order valence-electron chi connectivity index (χ2n) is 6.96. The summed E-state index contributed by atoms with van der Waals surface area (Å²) in [5.41, 5.74) is 2.14. The Kier molecular flexibility index (Phi) is 5.71. The van der Waals surface area contributed by atoms with Gasteiger partial charge in [0.15, 0.2) is 0 Å². The van der Waals surface area contributed by atoms with Crippen LogP contribution < -0.4 is 15.1 Å². The number of carbonyl (C=O) groups excluding carboxylic acids is 1. The number of para-hydroxylation sites is 1. The number of aromatic nitrogens is 1. The first-order valence-corrected chi connectivity index (χ1v) is 9.02. The molecule has 1 amide bonds. The third kappa shape index (κ3) is 4.31. The number of hydrogen-bond donors (Lipinski definition) is 1. The molecule has 0 saturated carbocycles. The van der Waals surface area contributed by atoms with E-state index in [1.807, 2.05) is 18.2 Å². The Morgan fingerprint density at radius 2 is 1.85 bits per heavy atom. The highest BCUT2D eigenvalue weighted by atomic mass is 19.1. The average Bonchev–Trinajstić information content (AvgIpc) is 2.67. The van der Waals surface area contributed by atoms with Crippen LogP contribution in [0.25, 0.3) is 0 Å². The number of pyridine rings is 1. The van der Waals surface area contributed by atoms with E-state index < -0.39 is 0 Å². The van der Waals surface area contributed by atoms with Gasteiger partial charge in [-0.2, -0.15) is 0 Å². The molecule has 6 heteroatoms. The van der Waals surface area contributed by atoms with Gasteiger partial charge in [0, 0.05) is 38.9 Å². The summed E-state index contributed by atoms with van der Waals surface area (Å²) in [5.74, 6) is 0.117. The number of anilines is 2. The molecule has 0 bridgehead atoms. The summed E-state index contributed by atoms with van der Waals surface area (Å²) in [7, 11) is 0. The number of piperazine rings is 1. The summed E-state index contributed by atoms with van der Waals surface area (Å²) in [6.45, 7) is 7.73. The molecule has 2 heterocycles. The molecule has 0 atom stereocenters. The van der Waals surface area contributed by atoms with Crippen LogP contribution in [0.15, 0.2) is 42.7 Å². The topological polar surface area (TPSA) is 48.5 Å². The average molecular weight is 356 g/mol. The lowest BCUT2D eigenvalue weighted by atomic mass is 10.2. The standard InChI is InChI=1S/C20H25FN4O/c1-15(2)12-23-20(26)16-11-17(14-22-13-16)24-7-9-25(10-8-24)19-6-4-3-5-18(19)21/h3-6,11,13-15H,7-10,12H2,1-2H3,(H,23,26). The summed E-state index contributed by atoms with van der Waals surface area (Å²) in [4.78, 5) is 20.7. The van der Waals surface area contributed by atoms with Gasteiger partial charge in [-0.05, 0) is 24.1 Å². The predicted octanol–water partition coefficient (Wildman–Crippen LogP) is 2.93. The molecule has 0 spiro atoms. The molecule has 1 aromatic carbocycles. The lowest BCUT2D eigenvalue weighted by molar-refractivity contribution is 0.0948. The van der Waals surface area contributed by atoms with Crippen molar-refractivity contribution in [3.8, 4) is 0 Å². The van der Waals surface area contributed by atoms with Gasteiger partial charge < -0.3 is 15.1 Å². The molecule has 5 nitrogen and oxygen atoms in total. The minimum Gasteiger partial charge on any atom is -0.367 e. The van der Waals surface area contributed by atoms with E-state index in [0.717, 1.165) is 31.9 Å². The Balaban J connectivity index is 1.63. The highest BCUT2D eigenvalue weighted by molar-refractivity contribution is 5.94. The van der Waals surface area contributed by atoms with E-state index in [1.165, 1.54) is 6.07 Å². The van der Waals surface area contributed by atoms with Crippen molar-refractivity contribution in [2.45, 2.75) is 13.8 Å². The molecule has 0 aliphatic carbocycles. The van der Waals surface area contributed by atoms with E-state index in [-0.39, 0.29) is 11.7 Å². The minimum absolute atomic E-state index is 0.0990. The molecule has 1 saturated heterocycles. The smallest absolute Gasteiger partial charge is 0.252 e. The van der Waals surface area contributed by atoms with E-state index in [9.17, 15) is 9.18 Å². The lowest BCUT2D eigenvalue weighted by Gasteiger charge is -2.37. The van der Waals surface area contributed by atoms with Gasteiger partial charge in [0.2, 0.25) is 0 Å². The maximum atomic E-state index is 14.0. The summed E-state index contributed by atoms with van der Waals surface area (Å²) < 4.78 is 14.0. The lowest BCUT2D eigenvalue weighted by Crippen LogP contribution is -2.47. The van der Waals surface area contributed by atoms with Gasteiger partial charge in [-0.15, -0.1) is 0 Å². The van der Waals surface area contributed by atoms with Crippen LogP contribution in [0.1, 0.15) is 24.2 Å². The van der Waals surface area contributed by atoms with Gasteiger partial charge in [0.1, 0.15) is 5.82 Å². The van der Waals surface area contributed by atoms with Crippen LogP contribution in [-0.2, 0) is 0 Å². The van der Waals surface area contributed by atoms with Crippen molar-refractivity contribution in [3.05, 3.63) is 54.1 Å². The molecule has 1 aliphatic heterocycles. The molecule has 3 rings (SSSR count). The van der Waals surface area contributed by atoms with Gasteiger partial charge in [-0.3, -0.25) is 9.78 Å². The van der Waals surface area contributed by atoms with Crippen molar-refractivity contribution in [1.82, 2.24) is 10.3 Å². The molecular weight excluding hydrogens is 331 g/mol. The van der Waals surface area contributed by atoms with Gasteiger partial charge in [-0.1, -0.05) is 26.0 Å². The number of carbonyl (C=O) groups is 1. The maximum absolute atomic E-state index is 14.0. The molecule has 1 aromatic heterocycles. The Morgan fingerprint density at radius 3 is 2.54 bits per heavy atom. The normalized spacial score (nSPS) is 14.6. The van der Waals surface area contributed by atoms with Crippen molar-refractivity contribution < 1.29 is 9.18 Å². The number of rotatable bonds is 5. The molecule has 2 aromatic rings. The molecule has 0 radical (unpaired) electrons. The molecule has 26 heavy (non-hydrogen) atoms. The van der Waals surface area contributed by atoms with Crippen LogP contribution >= 0.6 is 0 Å². The van der Waals surface area contributed by atoms with Crippen molar-refractivity contribution in [2.24, 2.45) is 5.92 Å². The minimum atomic E-state index is -0.188. The summed E-state index contributed by atoms with van der Waals surface area (Å²) in [5, 5.41) is 2.92. The van der Waals surface area contributed by atoms with Gasteiger partial charge in [0.25, 0.3) is 5.91 Å². The summed E-state index contributed by atoms with van der Waals surface area (Å²) >= 11 is 0. The zero-order valence-corrected chi connectivity index (χ0v) is 15.3. The van der Waals surface area contributed by atoms with Crippen LogP contribution in [0.2, 0.25) is 0 Å². The van der Waals surface area contributed by atoms with Crippen LogP contribution in [0.4, 0.5) is 15.8 Å². The Hall–Kier alpha value is -2.63.